The molecule has 0 fully saturated rings. The largest absolute Gasteiger partial charge is 0.333 e. The second kappa shape index (κ2) is 8.02. The monoisotopic (exact) mass is 454 g/mol. The SMILES string of the molecule is O=C(c1cc2n(n1)CCN(Cc1ccc(Cl)c(Cl)c1)C2=O)N1CCc2ccccc2C1. The van der Waals surface area contributed by atoms with Gasteiger partial charge in [-0.25, -0.2) is 0 Å². The van der Waals surface area contributed by atoms with Crippen LogP contribution in [0, 0.1) is 0 Å². The Morgan fingerprint density at radius 3 is 2.58 bits per heavy atom. The van der Waals surface area contributed by atoms with Gasteiger partial charge in [-0.05, 0) is 35.2 Å². The summed E-state index contributed by atoms with van der Waals surface area (Å²) in [6.45, 7) is 2.69. The lowest BCUT2D eigenvalue weighted by Crippen LogP contribution is -2.39. The van der Waals surface area contributed by atoms with E-state index in [-0.39, 0.29) is 11.8 Å². The average molecular weight is 455 g/mol. The van der Waals surface area contributed by atoms with Crippen LogP contribution >= 0.6 is 23.2 Å². The highest BCUT2D eigenvalue weighted by molar-refractivity contribution is 6.42. The first-order valence-corrected chi connectivity index (χ1v) is 10.9. The minimum Gasteiger partial charge on any atom is -0.333 e. The predicted molar refractivity (Wildman–Crippen MR) is 118 cm³/mol. The van der Waals surface area contributed by atoms with Gasteiger partial charge in [0, 0.05) is 32.2 Å². The van der Waals surface area contributed by atoms with Crippen molar-refractivity contribution >= 4 is 35.0 Å². The van der Waals surface area contributed by atoms with Gasteiger partial charge in [0.25, 0.3) is 11.8 Å². The van der Waals surface area contributed by atoms with E-state index in [0.29, 0.717) is 54.2 Å². The molecule has 158 valence electrons. The van der Waals surface area contributed by atoms with Crippen LogP contribution in [0.15, 0.2) is 48.5 Å². The van der Waals surface area contributed by atoms with Crippen molar-refractivity contribution < 1.29 is 9.59 Å². The Kier molecular flexibility index (Phi) is 5.20. The van der Waals surface area contributed by atoms with Crippen molar-refractivity contribution in [3.8, 4) is 0 Å². The van der Waals surface area contributed by atoms with E-state index in [0.717, 1.165) is 17.5 Å². The third kappa shape index (κ3) is 3.82. The molecule has 5 rings (SSSR count). The van der Waals surface area contributed by atoms with Crippen LogP contribution in [0.5, 0.6) is 0 Å². The van der Waals surface area contributed by atoms with Crippen LogP contribution in [0.1, 0.15) is 37.7 Å². The Morgan fingerprint density at radius 1 is 0.968 bits per heavy atom. The van der Waals surface area contributed by atoms with E-state index in [1.54, 1.807) is 32.7 Å². The number of rotatable bonds is 3. The Balaban J connectivity index is 1.33. The summed E-state index contributed by atoms with van der Waals surface area (Å²) < 4.78 is 1.64. The first-order valence-electron chi connectivity index (χ1n) is 10.2. The predicted octanol–water partition coefficient (Wildman–Crippen LogP) is 4.04. The van der Waals surface area contributed by atoms with Crippen molar-refractivity contribution in [1.29, 1.82) is 0 Å². The molecule has 0 N–H and O–H groups in total. The summed E-state index contributed by atoms with van der Waals surface area (Å²) in [5.74, 6) is -0.284. The van der Waals surface area contributed by atoms with E-state index in [2.05, 4.69) is 17.2 Å². The van der Waals surface area contributed by atoms with Gasteiger partial charge in [-0.1, -0.05) is 53.5 Å². The van der Waals surface area contributed by atoms with Crippen molar-refractivity contribution in [2.24, 2.45) is 0 Å². The van der Waals surface area contributed by atoms with E-state index in [1.807, 2.05) is 18.2 Å². The maximum atomic E-state index is 13.1. The lowest BCUT2D eigenvalue weighted by molar-refractivity contribution is 0.0679. The Labute approximate surface area is 190 Å². The van der Waals surface area contributed by atoms with Crippen LogP contribution < -0.4 is 0 Å². The van der Waals surface area contributed by atoms with E-state index in [1.165, 1.54) is 5.56 Å². The summed E-state index contributed by atoms with van der Waals surface area (Å²) in [4.78, 5) is 29.6. The zero-order valence-corrected chi connectivity index (χ0v) is 18.2. The topological polar surface area (TPSA) is 58.4 Å². The Morgan fingerprint density at radius 2 is 1.77 bits per heavy atom. The summed E-state index contributed by atoms with van der Waals surface area (Å²) in [6.07, 6.45) is 0.825. The van der Waals surface area contributed by atoms with E-state index < -0.39 is 0 Å². The van der Waals surface area contributed by atoms with Gasteiger partial charge in [-0.3, -0.25) is 14.3 Å². The number of hydrogen-bond acceptors (Lipinski definition) is 3. The zero-order valence-electron chi connectivity index (χ0n) is 16.7. The lowest BCUT2D eigenvalue weighted by atomic mass is 10.00. The highest BCUT2D eigenvalue weighted by Crippen LogP contribution is 2.25. The van der Waals surface area contributed by atoms with Gasteiger partial charge < -0.3 is 9.80 Å². The fourth-order valence-electron chi connectivity index (χ4n) is 4.18. The number of nitrogens with zero attached hydrogens (tertiary/aromatic N) is 4. The molecule has 8 heteroatoms. The summed E-state index contributed by atoms with van der Waals surface area (Å²) >= 11 is 12.1. The highest BCUT2D eigenvalue weighted by Gasteiger charge is 2.30. The van der Waals surface area contributed by atoms with Gasteiger partial charge >= 0.3 is 0 Å². The molecule has 1 aromatic heterocycles. The van der Waals surface area contributed by atoms with Crippen molar-refractivity contribution in [1.82, 2.24) is 19.6 Å². The molecule has 6 nitrogen and oxygen atoms in total. The van der Waals surface area contributed by atoms with E-state index >= 15 is 0 Å². The van der Waals surface area contributed by atoms with Crippen molar-refractivity contribution in [2.75, 3.05) is 13.1 Å². The summed E-state index contributed by atoms with van der Waals surface area (Å²) in [5.41, 5.74) is 4.10. The molecule has 0 bridgehead atoms. The number of amides is 2. The molecule has 2 aromatic carbocycles. The molecule has 0 atom stereocenters. The van der Waals surface area contributed by atoms with Crippen LogP contribution in [0.4, 0.5) is 0 Å². The fourth-order valence-corrected chi connectivity index (χ4v) is 4.50. The Bertz CT molecular complexity index is 1190. The average Bonchev–Trinajstić information content (AvgIpc) is 3.22. The summed E-state index contributed by atoms with van der Waals surface area (Å²) in [6, 6.07) is 15.1. The number of fused-ring (bicyclic) bond motifs is 2. The number of halogens is 2. The van der Waals surface area contributed by atoms with Gasteiger partial charge in [0.05, 0.1) is 16.6 Å². The minimum absolute atomic E-state index is 0.139. The molecule has 3 aromatic rings. The molecule has 3 heterocycles. The number of carbonyl (C=O) groups excluding carboxylic acids is 2. The molecule has 2 aliphatic rings. The van der Waals surface area contributed by atoms with Gasteiger partial charge in [0.1, 0.15) is 5.69 Å². The zero-order chi connectivity index (χ0) is 21.5. The van der Waals surface area contributed by atoms with Crippen molar-refractivity contribution in [3.63, 3.8) is 0 Å². The van der Waals surface area contributed by atoms with E-state index in [4.69, 9.17) is 23.2 Å². The molecule has 0 unspecified atom stereocenters. The third-order valence-corrected chi connectivity index (χ3v) is 6.60. The number of benzene rings is 2. The first kappa shape index (κ1) is 20.1. The molecule has 0 aliphatic carbocycles. The van der Waals surface area contributed by atoms with Crippen LogP contribution in [-0.2, 0) is 26.1 Å². The molecule has 31 heavy (non-hydrogen) atoms. The van der Waals surface area contributed by atoms with Crippen LogP contribution in [0.25, 0.3) is 0 Å². The third-order valence-electron chi connectivity index (χ3n) is 5.86. The lowest BCUT2D eigenvalue weighted by Gasteiger charge is -2.28. The number of aromatic nitrogens is 2. The smallest absolute Gasteiger partial charge is 0.274 e. The standard InChI is InChI=1S/C23H20Cl2N4O2/c24-18-6-5-15(11-19(18)25)13-28-9-10-29-21(23(28)31)12-20(26-29)22(30)27-8-7-16-3-1-2-4-17(16)14-27/h1-6,11-12H,7-10,13-14H2. The molecule has 2 amide bonds. The molecule has 0 saturated heterocycles. The summed E-state index contributed by atoms with van der Waals surface area (Å²) in [5, 5.41) is 5.38. The van der Waals surface area contributed by atoms with Crippen molar-refractivity contribution in [2.45, 2.75) is 26.1 Å². The molecule has 2 aliphatic heterocycles. The van der Waals surface area contributed by atoms with Gasteiger partial charge in [-0.2, -0.15) is 5.10 Å². The Hall–Kier alpha value is -2.83. The van der Waals surface area contributed by atoms with Gasteiger partial charge in [-0.15, -0.1) is 0 Å². The molecule has 0 saturated carbocycles. The van der Waals surface area contributed by atoms with Gasteiger partial charge in [0.15, 0.2) is 5.69 Å². The minimum atomic E-state index is -0.145. The normalized spacial score (nSPS) is 15.6. The van der Waals surface area contributed by atoms with Crippen LogP contribution in [0.3, 0.4) is 0 Å². The maximum absolute atomic E-state index is 13.1. The molecule has 0 spiro atoms. The van der Waals surface area contributed by atoms with E-state index in [9.17, 15) is 9.59 Å². The fraction of sp³-hybridized carbons (Fsp3) is 0.261. The second-order valence-corrected chi connectivity index (χ2v) is 8.67. The molecular formula is C23H20Cl2N4O2. The van der Waals surface area contributed by atoms with Gasteiger partial charge in [0.2, 0.25) is 0 Å². The highest BCUT2D eigenvalue weighted by atomic mass is 35.5. The van der Waals surface area contributed by atoms with Crippen LogP contribution in [0.2, 0.25) is 10.0 Å². The number of carbonyl (C=O) groups is 2. The first-order chi connectivity index (χ1) is 15.0. The summed E-state index contributed by atoms with van der Waals surface area (Å²) in [7, 11) is 0. The van der Waals surface area contributed by atoms with Crippen molar-refractivity contribution in [3.05, 3.63) is 86.7 Å². The maximum Gasteiger partial charge on any atom is 0.274 e. The number of hydrogen-bond donors (Lipinski definition) is 0. The molecular weight excluding hydrogens is 435 g/mol. The second-order valence-electron chi connectivity index (χ2n) is 7.86. The van der Waals surface area contributed by atoms with Crippen LogP contribution in [-0.4, -0.2) is 44.5 Å². The molecule has 0 radical (unpaired) electrons. The quantitative estimate of drug-likeness (QED) is 0.599.